The summed E-state index contributed by atoms with van der Waals surface area (Å²) in [4.78, 5) is 16.2. The topological polar surface area (TPSA) is 69.0 Å². The minimum atomic E-state index is -2.99. The fraction of sp³-hybridized carbons (Fsp3) is 0.167. The van der Waals surface area contributed by atoms with Crippen LogP contribution in [0.3, 0.4) is 0 Å². The lowest BCUT2D eigenvalue weighted by Crippen LogP contribution is -2.24. The molecule has 0 aliphatic carbocycles. The van der Waals surface area contributed by atoms with Crippen molar-refractivity contribution in [1.82, 2.24) is 20.1 Å². The molecule has 1 heterocycles. The molecule has 8 heteroatoms. The highest BCUT2D eigenvalue weighted by atomic mass is 19.3. The molecule has 0 aliphatic rings. The lowest BCUT2D eigenvalue weighted by Gasteiger charge is -2.11. The molecule has 26 heavy (non-hydrogen) atoms. The van der Waals surface area contributed by atoms with E-state index in [0.717, 1.165) is 11.1 Å². The van der Waals surface area contributed by atoms with Crippen molar-refractivity contribution in [1.29, 1.82) is 0 Å². The molecule has 3 aromatic rings. The lowest BCUT2D eigenvalue weighted by atomic mass is 10.1. The van der Waals surface area contributed by atoms with Crippen LogP contribution in [0.4, 0.5) is 8.78 Å². The summed E-state index contributed by atoms with van der Waals surface area (Å²) >= 11 is 0. The fourth-order valence-corrected chi connectivity index (χ4v) is 2.47. The monoisotopic (exact) mass is 358 g/mol. The number of amides is 1. The van der Waals surface area contributed by atoms with Gasteiger partial charge in [-0.25, -0.2) is 9.67 Å². The zero-order valence-corrected chi connectivity index (χ0v) is 13.7. The maximum Gasteiger partial charge on any atom is 0.387 e. The van der Waals surface area contributed by atoms with E-state index in [1.807, 2.05) is 24.3 Å². The molecule has 2 aromatic carbocycles. The van der Waals surface area contributed by atoms with Crippen LogP contribution in [0.5, 0.6) is 5.75 Å². The molecule has 0 spiro atoms. The molecule has 134 valence electrons. The van der Waals surface area contributed by atoms with Gasteiger partial charge < -0.3 is 10.1 Å². The first-order chi connectivity index (χ1) is 12.6. The van der Waals surface area contributed by atoms with Crippen molar-refractivity contribution in [2.24, 2.45) is 0 Å². The normalized spacial score (nSPS) is 10.7. The number of nitrogens with zero attached hydrogens (tertiary/aromatic N) is 3. The van der Waals surface area contributed by atoms with Gasteiger partial charge in [-0.05, 0) is 23.3 Å². The van der Waals surface area contributed by atoms with Crippen molar-refractivity contribution < 1.29 is 18.3 Å². The average Bonchev–Trinajstić information content (AvgIpc) is 3.13. The quantitative estimate of drug-likeness (QED) is 0.705. The number of alkyl halides is 2. The number of benzene rings is 2. The number of ether oxygens (including phenoxy) is 1. The van der Waals surface area contributed by atoms with Crippen LogP contribution in [0.15, 0.2) is 61.2 Å². The highest BCUT2D eigenvalue weighted by Gasteiger charge is 2.15. The number of halogens is 2. The summed E-state index contributed by atoms with van der Waals surface area (Å²) in [5, 5.41) is 6.77. The molecular weight excluding hydrogens is 342 g/mol. The number of rotatable bonds is 7. The minimum Gasteiger partial charge on any atom is -0.434 e. The van der Waals surface area contributed by atoms with Crippen molar-refractivity contribution in [3.63, 3.8) is 0 Å². The van der Waals surface area contributed by atoms with E-state index in [4.69, 9.17) is 0 Å². The maximum atomic E-state index is 12.4. The summed E-state index contributed by atoms with van der Waals surface area (Å²) in [5.74, 6) is -0.636. The third kappa shape index (κ3) is 4.62. The molecule has 0 fully saturated rings. The third-order valence-corrected chi connectivity index (χ3v) is 3.60. The van der Waals surface area contributed by atoms with Crippen LogP contribution in [-0.2, 0) is 13.1 Å². The Morgan fingerprint density at radius 3 is 2.73 bits per heavy atom. The van der Waals surface area contributed by atoms with E-state index in [-0.39, 0.29) is 17.9 Å². The summed E-state index contributed by atoms with van der Waals surface area (Å²) in [6, 6.07) is 13.5. The predicted molar refractivity (Wildman–Crippen MR) is 89.8 cm³/mol. The zero-order valence-electron chi connectivity index (χ0n) is 13.7. The second-order valence-electron chi connectivity index (χ2n) is 5.47. The number of carbonyl (C=O) groups is 1. The van der Waals surface area contributed by atoms with Gasteiger partial charge in [-0.2, -0.15) is 13.9 Å². The average molecular weight is 358 g/mol. The van der Waals surface area contributed by atoms with E-state index in [9.17, 15) is 13.6 Å². The van der Waals surface area contributed by atoms with E-state index in [0.29, 0.717) is 6.54 Å². The number of nitrogens with one attached hydrogen (secondary N) is 1. The Balaban J connectivity index is 1.65. The van der Waals surface area contributed by atoms with Gasteiger partial charge in [-0.3, -0.25) is 4.79 Å². The molecule has 0 bridgehead atoms. The first kappa shape index (κ1) is 17.5. The van der Waals surface area contributed by atoms with Crippen LogP contribution < -0.4 is 10.1 Å². The maximum absolute atomic E-state index is 12.4. The number of para-hydroxylation sites is 1. The standard InChI is InChI=1S/C18H16F2N4O2/c19-18(20)26-16-7-2-1-6-15(16)17(25)22-9-13-4-3-5-14(8-13)10-24-12-21-11-23-24/h1-8,11-12,18H,9-10H2,(H,22,25). The third-order valence-electron chi connectivity index (χ3n) is 3.60. The van der Waals surface area contributed by atoms with E-state index in [2.05, 4.69) is 20.1 Å². The Morgan fingerprint density at radius 2 is 1.96 bits per heavy atom. The Bertz CT molecular complexity index is 869. The highest BCUT2D eigenvalue weighted by Crippen LogP contribution is 2.20. The van der Waals surface area contributed by atoms with E-state index < -0.39 is 12.5 Å². The number of aromatic nitrogens is 3. The summed E-state index contributed by atoms with van der Waals surface area (Å²) in [7, 11) is 0. The predicted octanol–water partition coefficient (Wildman–Crippen LogP) is 2.86. The Labute approximate surface area is 148 Å². The Kier molecular flexibility index (Phi) is 5.52. The van der Waals surface area contributed by atoms with Crippen LogP contribution in [0, 0.1) is 0 Å². The number of hydrogen-bond donors (Lipinski definition) is 1. The molecular formula is C18H16F2N4O2. The SMILES string of the molecule is O=C(NCc1cccc(Cn2cncn2)c1)c1ccccc1OC(F)F. The van der Waals surface area contributed by atoms with Crippen molar-refractivity contribution >= 4 is 5.91 Å². The molecule has 1 N–H and O–H groups in total. The first-order valence-electron chi connectivity index (χ1n) is 7.84. The van der Waals surface area contributed by atoms with Gasteiger partial charge in [-0.1, -0.05) is 36.4 Å². The molecule has 1 amide bonds. The molecule has 0 saturated heterocycles. The van der Waals surface area contributed by atoms with Crippen molar-refractivity contribution in [3.8, 4) is 5.75 Å². The number of carbonyl (C=O) groups excluding carboxylic acids is 1. The van der Waals surface area contributed by atoms with Crippen LogP contribution in [-0.4, -0.2) is 27.3 Å². The van der Waals surface area contributed by atoms with Gasteiger partial charge in [0.15, 0.2) is 0 Å². The van der Waals surface area contributed by atoms with E-state index >= 15 is 0 Å². The molecule has 0 unspecified atom stereocenters. The Morgan fingerprint density at radius 1 is 1.15 bits per heavy atom. The molecule has 0 atom stereocenters. The Hall–Kier alpha value is -3.29. The molecule has 0 saturated carbocycles. The van der Waals surface area contributed by atoms with Gasteiger partial charge >= 0.3 is 6.61 Å². The number of hydrogen-bond acceptors (Lipinski definition) is 4. The van der Waals surface area contributed by atoms with Gasteiger partial charge in [-0.15, -0.1) is 0 Å². The molecule has 3 rings (SSSR count). The summed E-state index contributed by atoms with van der Waals surface area (Å²) in [6.07, 6.45) is 3.08. The summed E-state index contributed by atoms with van der Waals surface area (Å²) in [5.41, 5.74) is 1.94. The van der Waals surface area contributed by atoms with Crippen molar-refractivity contribution in [2.45, 2.75) is 19.7 Å². The first-order valence-corrected chi connectivity index (χ1v) is 7.84. The van der Waals surface area contributed by atoms with Crippen LogP contribution in [0.2, 0.25) is 0 Å². The second kappa shape index (κ2) is 8.19. The van der Waals surface area contributed by atoms with Crippen molar-refractivity contribution in [3.05, 3.63) is 77.9 Å². The summed E-state index contributed by atoms with van der Waals surface area (Å²) in [6.45, 7) is -2.17. The highest BCUT2D eigenvalue weighted by molar-refractivity contribution is 5.96. The largest absolute Gasteiger partial charge is 0.434 e. The summed E-state index contributed by atoms with van der Waals surface area (Å²) < 4.78 is 31.0. The zero-order chi connectivity index (χ0) is 18.4. The van der Waals surface area contributed by atoms with E-state index in [1.54, 1.807) is 17.1 Å². The smallest absolute Gasteiger partial charge is 0.387 e. The molecule has 0 radical (unpaired) electrons. The molecule has 6 nitrogen and oxygen atoms in total. The van der Waals surface area contributed by atoms with Gasteiger partial charge in [0.2, 0.25) is 0 Å². The lowest BCUT2D eigenvalue weighted by molar-refractivity contribution is -0.0501. The second-order valence-corrected chi connectivity index (χ2v) is 5.47. The minimum absolute atomic E-state index is 0.0616. The van der Waals surface area contributed by atoms with Crippen molar-refractivity contribution in [2.75, 3.05) is 0 Å². The van der Waals surface area contributed by atoms with Gasteiger partial charge in [0.05, 0.1) is 12.1 Å². The van der Waals surface area contributed by atoms with Crippen LogP contribution in [0.1, 0.15) is 21.5 Å². The van der Waals surface area contributed by atoms with Crippen LogP contribution >= 0.6 is 0 Å². The molecule has 1 aromatic heterocycles. The fourth-order valence-electron chi connectivity index (χ4n) is 2.47. The van der Waals surface area contributed by atoms with Gasteiger partial charge in [0, 0.05) is 6.54 Å². The van der Waals surface area contributed by atoms with Gasteiger partial charge in [0.25, 0.3) is 5.91 Å². The van der Waals surface area contributed by atoms with Gasteiger partial charge in [0.1, 0.15) is 18.4 Å². The van der Waals surface area contributed by atoms with E-state index in [1.165, 1.54) is 24.5 Å². The van der Waals surface area contributed by atoms with Crippen LogP contribution in [0.25, 0.3) is 0 Å². The molecule has 0 aliphatic heterocycles.